The summed E-state index contributed by atoms with van der Waals surface area (Å²) in [5.74, 6) is 0.969. The molecule has 1 spiro atoms. The van der Waals surface area contributed by atoms with E-state index in [-0.39, 0.29) is 40.7 Å². The molecular formula is C21H33IN4O. The summed E-state index contributed by atoms with van der Waals surface area (Å²) in [6.45, 7) is 8.04. The topological polar surface area (TPSA) is 56.7 Å². The monoisotopic (exact) mass is 484 g/mol. The van der Waals surface area contributed by atoms with Crippen molar-refractivity contribution in [1.82, 2.24) is 10.6 Å². The number of anilines is 1. The molecule has 1 aromatic rings. The van der Waals surface area contributed by atoms with E-state index in [2.05, 4.69) is 44.8 Å². The number of nitrogens with one attached hydrogen (secondary N) is 2. The lowest BCUT2D eigenvalue weighted by molar-refractivity contribution is -0.128. The Morgan fingerprint density at radius 2 is 1.78 bits per heavy atom. The molecule has 3 rings (SSSR count). The number of para-hydroxylation sites is 1. The number of rotatable bonds is 3. The van der Waals surface area contributed by atoms with Gasteiger partial charge in [0.05, 0.1) is 0 Å². The summed E-state index contributed by atoms with van der Waals surface area (Å²) in [7, 11) is 1.83. The molecule has 1 aliphatic carbocycles. The Bertz CT molecular complexity index is 690. The van der Waals surface area contributed by atoms with E-state index in [1.54, 1.807) is 0 Å². The minimum Gasteiger partial charge on any atom is -0.354 e. The van der Waals surface area contributed by atoms with Crippen molar-refractivity contribution in [1.29, 1.82) is 0 Å². The number of hydrogen-bond donors (Lipinski definition) is 2. The van der Waals surface area contributed by atoms with E-state index in [1.807, 2.05) is 27.8 Å². The molecule has 1 fully saturated rings. The van der Waals surface area contributed by atoms with Crippen molar-refractivity contribution in [3.05, 3.63) is 29.8 Å². The summed E-state index contributed by atoms with van der Waals surface area (Å²) in [5.41, 5.74) is 2.68. The first-order valence-corrected chi connectivity index (χ1v) is 9.73. The minimum atomic E-state index is -0.357. The summed E-state index contributed by atoms with van der Waals surface area (Å²) in [5, 5.41) is 6.41. The molecule has 1 aliphatic heterocycles. The van der Waals surface area contributed by atoms with Crippen LogP contribution in [-0.4, -0.2) is 38.5 Å². The van der Waals surface area contributed by atoms with Gasteiger partial charge in [-0.2, -0.15) is 0 Å². The van der Waals surface area contributed by atoms with Gasteiger partial charge < -0.3 is 15.5 Å². The SMILES string of the molecule is CN=C(NCCNC(=O)C(C)(C)C)N1CC2(CCCC2)c2ccccc21.I. The Kier molecular flexibility index (Phi) is 7.16. The third-order valence-electron chi connectivity index (χ3n) is 5.63. The first kappa shape index (κ1) is 22.0. The van der Waals surface area contributed by atoms with Crippen molar-refractivity contribution in [2.75, 3.05) is 31.6 Å². The molecule has 1 saturated carbocycles. The highest BCUT2D eigenvalue weighted by Gasteiger charge is 2.45. The van der Waals surface area contributed by atoms with Gasteiger partial charge in [0.25, 0.3) is 0 Å². The molecule has 150 valence electrons. The second kappa shape index (κ2) is 8.80. The fraction of sp³-hybridized carbons (Fsp3) is 0.619. The second-order valence-electron chi connectivity index (χ2n) is 8.57. The van der Waals surface area contributed by atoms with Crippen LogP contribution in [0.4, 0.5) is 5.69 Å². The number of aliphatic imine (C=N–C) groups is 1. The van der Waals surface area contributed by atoms with E-state index in [0.29, 0.717) is 13.1 Å². The number of fused-ring (bicyclic) bond motifs is 2. The third-order valence-corrected chi connectivity index (χ3v) is 5.63. The van der Waals surface area contributed by atoms with Gasteiger partial charge in [-0.15, -0.1) is 24.0 Å². The number of nitrogens with zero attached hydrogens (tertiary/aromatic N) is 2. The van der Waals surface area contributed by atoms with Crippen LogP contribution in [0.1, 0.15) is 52.0 Å². The van der Waals surface area contributed by atoms with Gasteiger partial charge in [-0.1, -0.05) is 51.8 Å². The number of carbonyl (C=O) groups is 1. The van der Waals surface area contributed by atoms with Gasteiger partial charge >= 0.3 is 0 Å². The molecule has 0 radical (unpaired) electrons. The lowest BCUT2D eigenvalue weighted by atomic mass is 9.81. The molecule has 6 heteroatoms. The van der Waals surface area contributed by atoms with E-state index in [1.165, 1.54) is 36.9 Å². The van der Waals surface area contributed by atoms with Gasteiger partial charge in [0.1, 0.15) is 0 Å². The number of carbonyl (C=O) groups excluding carboxylic acids is 1. The molecular weight excluding hydrogens is 451 g/mol. The average molecular weight is 484 g/mol. The fourth-order valence-corrected chi connectivity index (χ4v) is 4.21. The zero-order valence-corrected chi connectivity index (χ0v) is 19.3. The maximum absolute atomic E-state index is 12.0. The molecule has 1 amide bonds. The first-order chi connectivity index (χ1) is 12.4. The van der Waals surface area contributed by atoms with Crippen LogP contribution in [0, 0.1) is 5.41 Å². The molecule has 0 atom stereocenters. The zero-order valence-electron chi connectivity index (χ0n) is 17.0. The van der Waals surface area contributed by atoms with Crippen LogP contribution in [0.2, 0.25) is 0 Å². The molecule has 2 aliphatic rings. The quantitative estimate of drug-likeness (QED) is 0.298. The Balaban J connectivity index is 0.00000261. The molecule has 0 saturated heterocycles. The van der Waals surface area contributed by atoms with Crippen LogP contribution in [0.3, 0.4) is 0 Å². The van der Waals surface area contributed by atoms with Gasteiger partial charge in [0.15, 0.2) is 5.96 Å². The lowest BCUT2D eigenvalue weighted by Gasteiger charge is -2.27. The maximum atomic E-state index is 12.0. The molecule has 5 nitrogen and oxygen atoms in total. The number of amides is 1. The van der Waals surface area contributed by atoms with E-state index < -0.39 is 0 Å². The summed E-state index contributed by atoms with van der Waals surface area (Å²) in [4.78, 5) is 18.8. The molecule has 27 heavy (non-hydrogen) atoms. The van der Waals surface area contributed by atoms with E-state index in [0.717, 1.165) is 12.5 Å². The molecule has 0 bridgehead atoms. The van der Waals surface area contributed by atoms with Crippen LogP contribution in [0.25, 0.3) is 0 Å². The van der Waals surface area contributed by atoms with Crippen molar-refractivity contribution in [2.45, 2.75) is 51.9 Å². The Hall–Kier alpha value is -1.31. The van der Waals surface area contributed by atoms with Crippen LogP contribution >= 0.6 is 24.0 Å². The van der Waals surface area contributed by atoms with Gasteiger partial charge in [-0.25, -0.2) is 0 Å². The number of benzene rings is 1. The van der Waals surface area contributed by atoms with Crippen molar-refractivity contribution in [3.63, 3.8) is 0 Å². The van der Waals surface area contributed by atoms with Crippen LogP contribution < -0.4 is 15.5 Å². The molecule has 1 heterocycles. The maximum Gasteiger partial charge on any atom is 0.225 e. The minimum absolute atomic E-state index is 0. The van der Waals surface area contributed by atoms with Crippen molar-refractivity contribution >= 4 is 41.5 Å². The highest BCUT2D eigenvalue weighted by Crippen LogP contribution is 2.50. The first-order valence-electron chi connectivity index (χ1n) is 9.73. The van der Waals surface area contributed by atoms with Gasteiger partial charge in [-0.3, -0.25) is 9.79 Å². The highest BCUT2D eigenvalue weighted by atomic mass is 127. The normalized spacial score (nSPS) is 18.2. The highest BCUT2D eigenvalue weighted by molar-refractivity contribution is 14.0. The summed E-state index contributed by atoms with van der Waals surface area (Å²) >= 11 is 0. The number of hydrogen-bond acceptors (Lipinski definition) is 2. The van der Waals surface area contributed by atoms with Gasteiger partial charge in [-0.05, 0) is 24.5 Å². The van der Waals surface area contributed by atoms with Crippen molar-refractivity contribution in [3.8, 4) is 0 Å². The second-order valence-corrected chi connectivity index (χ2v) is 8.57. The Morgan fingerprint density at radius 3 is 2.41 bits per heavy atom. The smallest absolute Gasteiger partial charge is 0.225 e. The summed E-state index contributed by atoms with van der Waals surface area (Å²) in [6, 6.07) is 8.76. The van der Waals surface area contributed by atoms with Crippen molar-refractivity contribution < 1.29 is 4.79 Å². The Labute approximate surface area is 180 Å². The number of halogens is 1. The van der Waals surface area contributed by atoms with Crippen molar-refractivity contribution in [2.24, 2.45) is 10.4 Å². The van der Waals surface area contributed by atoms with Crippen LogP contribution in [0.5, 0.6) is 0 Å². The zero-order chi connectivity index (χ0) is 18.8. The molecule has 1 aromatic carbocycles. The van der Waals surface area contributed by atoms with Crippen LogP contribution in [0.15, 0.2) is 29.3 Å². The predicted molar refractivity (Wildman–Crippen MR) is 123 cm³/mol. The molecule has 0 unspecified atom stereocenters. The molecule has 2 N–H and O–H groups in total. The lowest BCUT2D eigenvalue weighted by Crippen LogP contribution is -2.46. The van der Waals surface area contributed by atoms with E-state index in [9.17, 15) is 4.79 Å². The third kappa shape index (κ3) is 4.58. The van der Waals surface area contributed by atoms with E-state index >= 15 is 0 Å². The summed E-state index contributed by atoms with van der Waals surface area (Å²) < 4.78 is 0. The molecule has 0 aromatic heterocycles. The van der Waals surface area contributed by atoms with Crippen LogP contribution in [-0.2, 0) is 10.2 Å². The Morgan fingerprint density at radius 1 is 1.15 bits per heavy atom. The predicted octanol–water partition coefficient (Wildman–Crippen LogP) is 3.67. The van der Waals surface area contributed by atoms with Gasteiger partial charge in [0.2, 0.25) is 5.91 Å². The van der Waals surface area contributed by atoms with E-state index in [4.69, 9.17) is 0 Å². The number of guanidine groups is 1. The average Bonchev–Trinajstić information content (AvgIpc) is 3.21. The fourth-order valence-electron chi connectivity index (χ4n) is 4.21. The standard InChI is InChI=1S/C21H32N4O.HI/c1-20(2,3)18(26)23-13-14-24-19(22-4)25-15-21(11-7-8-12-21)16-9-5-6-10-17(16)25;/h5-6,9-10H,7-8,11-15H2,1-4H3,(H,22,24)(H,23,26);1H. The van der Waals surface area contributed by atoms with Gasteiger partial charge in [0, 0.05) is 43.2 Å². The largest absolute Gasteiger partial charge is 0.354 e. The summed E-state index contributed by atoms with van der Waals surface area (Å²) in [6.07, 6.45) is 5.15.